The Hall–Kier alpha value is -1.46. The standard InChI is InChI=1S/C16H22ClN3O2/c1-3-4-13-14(5-6-17)22-7-12(2)20(13)15(21)19-10-16(11-19)8-18-9-16/h3-6,12,18H,7-11H2,1-2H3/b4-3-,6-5+. The van der Waals surface area contributed by atoms with Gasteiger partial charge in [0.05, 0.1) is 11.7 Å². The van der Waals surface area contributed by atoms with Crippen LogP contribution in [0.1, 0.15) is 13.8 Å². The Bertz CT molecular complexity index is 544. The number of amides is 2. The molecule has 0 aliphatic carbocycles. The molecule has 2 amide bonds. The van der Waals surface area contributed by atoms with Gasteiger partial charge in [0, 0.05) is 37.1 Å². The van der Waals surface area contributed by atoms with Crippen molar-refractivity contribution in [1.82, 2.24) is 15.1 Å². The monoisotopic (exact) mass is 323 g/mol. The van der Waals surface area contributed by atoms with Crippen LogP contribution in [-0.4, -0.2) is 54.7 Å². The molecule has 0 bridgehead atoms. The fraction of sp³-hybridized carbons (Fsp3) is 0.562. The molecule has 3 rings (SSSR count). The molecule has 0 aromatic rings. The van der Waals surface area contributed by atoms with Crippen molar-refractivity contribution in [2.24, 2.45) is 5.41 Å². The lowest BCUT2D eigenvalue weighted by Crippen LogP contribution is -2.73. The molecule has 1 spiro atoms. The predicted molar refractivity (Wildman–Crippen MR) is 86.4 cm³/mol. The summed E-state index contributed by atoms with van der Waals surface area (Å²) in [6.45, 7) is 8.13. The molecule has 3 heterocycles. The first-order valence-corrected chi connectivity index (χ1v) is 8.09. The summed E-state index contributed by atoms with van der Waals surface area (Å²) in [6, 6.07) is 0.0594. The average molecular weight is 324 g/mol. The summed E-state index contributed by atoms with van der Waals surface area (Å²) in [5.74, 6) is 0.639. The smallest absolute Gasteiger partial charge is 0.325 e. The number of carbonyl (C=O) groups is 1. The lowest BCUT2D eigenvalue weighted by Gasteiger charge is -2.57. The zero-order valence-corrected chi connectivity index (χ0v) is 13.8. The van der Waals surface area contributed by atoms with Crippen LogP contribution in [0.5, 0.6) is 0 Å². The molecule has 2 fully saturated rings. The molecule has 0 saturated carbocycles. The number of allylic oxidation sites excluding steroid dienone is 3. The highest BCUT2D eigenvalue weighted by atomic mass is 35.5. The molecule has 5 nitrogen and oxygen atoms in total. The Morgan fingerprint density at radius 2 is 2.14 bits per heavy atom. The van der Waals surface area contributed by atoms with E-state index in [0.29, 0.717) is 17.8 Å². The average Bonchev–Trinajstić information content (AvgIpc) is 2.39. The van der Waals surface area contributed by atoms with Crippen molar-refractivity contribution in [3.05, 3.63) is 35.2 Å². The summed E-state index contributed by atoms with van der Waals surface area (Å²) < 4.78 is 5.72. The Balaban J connectivity index is 1.82. The number of urea groups is 1. The molecule has 1 N–H and O–H groups in total. The molecule has 2 saturated heterocycles. The van der Waals surface area contributed by atoms with Crippen LogP contribution in [0.3, 0.4) is 0 Å². The van der Waals surface area contributed by atoms with Crippen molar-refractivity contribution >= 4 is 17.6 Å². The van der Waals surface area contributed by atoms with Crippen LogP contribution >= 0.6 is 11.6 Å². The van der Waals surface area contributed by atoms with Crippen molar-refractivity contribution in [3.63, 3.8) is 0 Å². The topological polar surface area (TPSA) is 44.8 Å². The van der Waals surface area contributed by atoms with Gasteiger partial charge in [-0.05, 0) is 26.0 Å². The lowest BCUT2D eigenvalue weighted by molar-refractivity contribution is -0.0250. The summed E-state index contributed by atoms with van der Waals surface area (Å²) in [4.78, 5) is 16.7. The van der Waals surface area contributed by atoms with E-state index in [1.807, 2.05) is 35.8 Å². The first-order valence-electron chi connectivity index (χ1n) is 7.65. The van der Waals surface area contributed by atoms with Crippen LogP contribution < -0.4 is 5.32 Å². The van der Waals surface area contributed by atoms with Crippen LogP contribution in [0.4, 0.5) is 4.79 Å². The van der Waals surface area contributed by atoms with Crippen LogP contribution in [0.2, 0.25) is 0 Å². The second kappa shape index (κ2) is 5.97. The van der Waals surface area contributed by atoms with Crippen molar-refractivity contribution in [2.45, 2.75) is 19.9 Å². The Morgan fingerprint density at radius 3 is 2.68 bits per heavy atom. The molecular formula is C16H22ClN3O2. The van der Waals surface area contributed by atoms with Crippen molar-refractivity contribution < 1.29 is 9.53 Å². The second-order valence-corrected chi connectivity index (χ2v) is 6.57. The molecule has 22 heavy (non-hydrogen) atoms. The van der Waals surface area contributed by atoms with Crippen molar-refractivity contribution in [2.75, 3.05) is 32.8 Å². The first-order chi connectivity index (χ1) is 10.6. The summed E-state index contributed by atoms with van der Waals surface area (Å²) in [5, 5.41) is 3.29. The van der Waals surface area contributed by atoms with Gasteiger partial charge < -0.3 is 15.0 Å². The molecule has 0 aromatic heterocycles. The number of carbonyl (C=O) groups excluding carboxylic acids is 1. The first kappa shape index (κ1) is 15.4. The molecule has 120 valence electrons. The minimum absolute atomic E-state index is 0.00208. The highest BCUT2D eigenvalue weighted by molar-refractivity contribution is 6.25. The van der Waals surface area contributed by atoms with E-state index in [4.69, 9.17) is 16.3 Å². The maximum Gasteiger partial charge on any atom is 0.325 e. The van der Waals surface area contributed by atoms with E-state index in [1.54, 1.807) is 6.08 Å². The maximum absolute atomic E-state index is 12.9. The minimum atomic E-state index is 0.00208. The highest BCUT2D eigenvalue weighted by Crippen LogP contribution is 2.36. The summed E-state index contributed by atoms with van der Waals surface area (Å²) in [6.07, 6.45) is 5.50. The zero-order valence-electron chi connectivity index (χ0n) is 13.0. The molecule has 6 heteroatoms. The molecular weight excluding hydrogens is 302 g/mol. The van der Waals surface area contributed by atoms with E-state index in [0.717, 1.165) is 31.9 Å². The van der Waals surface area contributed by atoms with Gasteiger partial charge >= 0.3 is 6.03 Å². The molecule has 3 aliphatic rings. The van der Waals surface area contributed by atoms with Crippen LogP contribution in [0, 0.1) is 5.41 Å². The molecule has 0 radical (unpaired) electrons. The summed E-state index contributed by atoms with van der Waals surface area (Å²) in [7, 11) is 0. The van der Waals surface area contributed by atoms with E-state index in [9.17, 15) is 4.79 Å². The minimum Gasteiger partial charge on any atom is -0.489 e. The molecule has 1 unspecified atom stereocenters. The predicted octanol–water partition coefficient (Wildman–Crippen LogP) is 2.27. The zero-order chi connectivity index (χ0) is 15.7. The van der Waals surface area contributed by atoms with Gasteiger partial charge in [0.15, 0.2) is 0 Å². The van der Waals surface area contributed by atoms with E-state index < -0.39 is 0 Å². The highest BCUT2D eigenvalue weighted by Gasteiger charge is 2.51. The third kappa shape index (κ3) is 2.52. The normalized spacial score (nSPS) is 27.3. The summed E-state index contributed by atoms with van der Waals surface area (Å²) >= 11 is 5.69. The van der Waals surface area contributed by atoms with Crippen LogP contribution in [0.25, 0.3) is 0 Å². The number of hydrogen-bond donors (Lipinski definition) is 1. The number of likely N-dealkylation sites (tertiary alicyclic amines) is 1. The Kier molecular flexibility index (Phi) is 4.19. The third-order valence-corrected chi connectivity index (χ3v) is 4.63. The van der Waals surface area contributed by atoms with Crippen LogP contribution in [-0.2, 0) is 4.74 Å². The lowest BCUT2D eigenvalue weighted by atomic mass is 9.74. The number of nitrogens with one attached hydrogen (secondary N) is 1. The number of rotatable bonds is 2. The number of ether oxygens (including phenoxy) is 1. The second-order valence-electron chi connectivity index (χ2n) is 6.31. The fourth-order valence-corrected chi connectivity index (χ4v) is 3.39. The van der Waals surface area contributed by atoms with Gasteiger partial charge in [-0.25, -0.2) is 4.79 Å². The van der Waals surface area contributed by atoms with E-state index >= 15 is 0 Å². The van der Waals surface area contributed by atoms with Gasteiger partial charge in [-0.1, -0.05) is 17.7 Å². The quantitative estimate of drug-likeness (QED) is 0.848. The van der Waals surface area contributed by atoms with Crippen molar-refractivity contribution in [3.8, 4) is 0 Å². The van der Waals surface area contributed by atoms with E-state index in [1.165, 1.54) is 5.54 Å². The number of halogens is 1. The fourth-order valence-electron chi connectivity index (χ4n) is 3.27. The summed E-state index contributed by atoms with van der Waals surface area (Å²) in [5.41, 5.74) is 2.51. The SMILES string of the molecule is C/C=C\C1=C(/C=C/Cl)OCC(C)N1C(=O)N1CC2(CNC2)C1. The van der Waals surface area contributed by atoms with Gasteiger partial charge in [-0.3, -0.25) is 4.90 Å². The van der Waals surface area contributed by atoms with E-state index in [-0.39, 0.29) is 12.1 Å². The Morgan fingerprint density at radius 1 is 1.41 bits per heavy atom. The molecule has 3 aliphatic heterocycles. The Labute approximate surface area is 136 Å². The number of nitrogens with zero attached hydrogens (tertiary/aromatic N) is 2. The van der Waals surface area contributed by atoms with E-state index in [2.05, 4.69) is 5.32 Å². The maximum atomic E-state index is 12.9. The largest absolute Gasteiger partial charge is 0.489 e. The number of hydrogen-bond acceptors (Lipinski definition) is 3. The van der Waals surface area contributed by atoms with Gasteiger partial charge in [-0.2, -0.15) is 0 Å². The van der Waals surface area contributed by atoms with Crippen LogP contribution in [0.15, 0.2) is 35.2 Å². The van der Waals surface area contributed by atoms with Crippen molar-refractivity contribution in [1.29, 1.82) is 0 Å². The van der Waals surface area contributed by atoms with Gasteiger partial charge in [-0.15, -0.1) is 0 Å². The van der Waals surface area contributed by atoms with Gasteiger partial charge in [0.2, 0.25) is 0 Å². The molecule has 0 aromatic carbocycles. The van der Waals surface area contributed by atoms with Gasteiger partial charge in [0.1, 0.15) is 12.4 Å². The molecule has 1 atom stereocenters. The van der Waals surface area contributed by atoms with Gasteiger partial charge in [0.25, 0.3) is 0 Å². The third-order valence-electron chi connectivity index (χ3n) is 4.50.